The summed E-state index contributed by atoms with van der Waals surface area (Å²) in [7, 11) is 3.25. The van der Waals surface area contributed by atoms with Crippen LogP contribution >= 0.6 is 15.9 Å². The molecule has 0 saturated heterocycles. The predicted octanol–water partition coefficient (Wildman–Crippen LogP) is 6.56. The summed E-state index contributed by atoms with van der Waals surface area (Å²) < 4.78 is 18.9. The van der Waals surface area contributed by atoms with Gasteiger partial charge in [-0.05, 0) is 88.8 Å². The molecule has 0 radical (unpaired) electrons. The van der Waals surface area contributed by atoms with Gasteiger partial charge in [-0.3, -0.25) is 4.79 Å². The number of hydrogen-bond acceptors (Lipinski definition) is 6. The third kappa shape index (κ3) is 5.25. The summed E-state index contributed by atoms with van der Waals surface area (Å²) in [4.78, 5) is 18.5. The van der Waals surface area contributed by atoms with Crippen LogP contribution in [0.15, 0.2) is 62.9 Å². The Kier molecular flexibility index (Phi) is 7.97. The van der Waals surface area contributed by atoms with Gasteiger partial charge in [-0.2, -0.15) is 9.78 Å². The average Bonchev–Trinajstić information content (AvgIpc) is 2.89. The maximum atomic E-state index is 13.7. The van der Waals surface area contributed by atoms with Crippen molar-refractivity contribution in [3.63, 3.8) is 0 Å². The van der Waals surface area contributed by atoms with E-state index in [2.05, 4.69) is 34.9 Å². The van der Waals surface area contributed by atoms with Crippen LogP contribution in [0.2, 0.25) is 0 Å². The van der Waals surface area contributed by atoms with E-state index in [9.17, 15) is 4.79 Å². The molecule has 8 heteroatoms. The Morgan fingerprint density at radius 3 is 2.49 bits per heavy atom. The van der Waals surface area contributed by atoms with Crippen molar-refractivity contribution in [2.45, 2.75) is 33.6 Å². The number of fused-ring (bicyclic) bond motifs is 1. The second-order valence-corrected chi connectivity index (χ2v) is 9.70. The zero-order chi connectivity index (χ0) is 26.7. The third-order valence-corrected chi connectivity index (χ3v) is 6.65. The molecule has 3 aromatic carbocycles. The second kappa shape index (κ2) is 11.2. The highest BCUT2D eigenvalue weighted by Gasteiger charge is 2.18. The maximum Gasteiger partial charge on any atom is 0.282 e. The van der Waals surface area contributed by atoms with E-state index in [1.54, 1.807) is 26.5 Å². The fourth-order valence-corrected chi connectivity index (χ4v) is 4.77. The molecule has 0 aliphatic rings. The van der Waals surface area contributed by atoms with Crippen LogP contribution in [0.1, 0.15) is 43.4 Å². The van der Waals surface area contributed by atoms with Gasteiger partial charge in [0.15, 0.2) is 17.3 Å². The lowest BCUT2D eigenvalue weighted by atomic mass is 9.96. The lowest BCUT2D eigenvalue weighted by Gasteiger charge is -2.17. The lowest BCUT2D eigenvalue weighted by molar-refractivity contribution is 0.309. The van der Waals surface area contributed by atoms with Crippen LogP contribution in [-0.2, 0) is 0 Å². The molecule has 0 unspecified atom stereocenters. The first-order chi connectivity index (χ1) is 17.8. The van der Waals surface area contributed by atoms with Crippen LogP contribution in [0.4, 0.5) is 0 Å². The highest BCUT2D eigenvalue weighted by molar-refractivity contribution is 9.10. The number of para-hydroxylation sites is 1. The van der Waals surface area contributed by atoms with E-state index in [4.69, 9.17) is 19.2 Å². The third-order valence-electron chi connectivity index (χ3n) is 6.06. The number of methoxy groups -OCH3 is 2. The largest absolute Gasteiger partial charge is 0.496 e. The highest BCUT2D eigenvalue weighted by atomic mass is 79.9. The molecule has 4 aromatic rings. The predicted molar refractivity (Wildman–Crippen MR) is 152 cm³/mol. The zero-order valence-corrected chi connectivity index (χ0v) is 23.4. The second-order valence-electron chi connectivity index (χ2n) is 8.84. The van der Waals surface area contributed by atoms with Crippen molar-refractivity contribution < 1.29 is 14.2 Å². The Hall–Kier alpha value is -3.65. The van der Waals surface area contributed by atoms with Crippen LogP contribution in [0.5, 0.6) is 17.2 Å². The van der Waals surface area contributed by atoms with Crippen molar-refractivity contribution in [3.05, 3.63) is 80.0 Å². The average molecular weight is 564 g/mol. The van der Waals surface area contributed by atoms with Gasteiger partial charge >= 0.3 is 0 Å². The SMILES string of the molecule is CCOc1c(Br)cc(C=Nn2c(-c3cc(C(C)C)c(OC)cc3C)nc3ccccc3c2=O)cc1OC. The minimum Gasteiger partial charge on any atom is -0.496 e. The maximum absolute atomic E-state index is 13.7. The molecule has 1 aromatic heterocycles. The van der Waals surface area contributed by atoms with E-state index in [0.29, 0.717) is 34.8 Å². The van der Waals surface area contributed by atoms with Crippen molar-refractivity contribution in [3.8, 4) is 28.6 Å². The summed E-state index contributed by atoms with van der Waals surface area (Å²) in [6.07, 6.45) is 1.62. The molecular weight excluding hydrogens is 534 g/mol. The van der Waals surface area contributed by atoms with Gasteiger partial charge in [-0.1, -0.05) is 26.0 Å². The Balaban J connectivity index is 1.95. The molecule has 0 bridgehead atoms. The topological polar surface area (TPSA) is 74.9 Å². The molecule has 0 spiro atoms. The van der Waals surface area contributed by atoms with Crippen molar-refractivity contribution in [1.82, 2.24) is 9.66 Å². The summed E-state index contributed by atoms with van der Waals surface area (Å²) in [5.74, 6) is 2.66. The fourth-order valence-electron chi connectivity index (χ4n) is 4.20. The van der Waals surface area contributed by atoms with E-state index < -0.39 is 0 Å². The summed E-state index contributed by atoms with van der Waals surface area (Å²) >= 11 is 3.55. The van der Waals surface area contributed by atoms with Gasteiger partial charge < -0.3 is 14.2 Å². The summed E-state index contributed by atoms with van der Waals surface area (Å²) in [5, 5.41) is 5.11. The van der Waals surface area contributed by atoms with Crippen LogP contribution in [-0.4, -0.2) is 36.7 Å². The summed E-state index contributed by atoms with van der Waals surface area (Å²) in [5.41, 5.74) is 3.86. The molecule has 192 valence electrons. The number of hydrogen-bond donors (Lipinski definition) is 0. The number of benzene rings is 3. The molecule has 0 fully saturated rings. The standard InChI is InChI=1S/C29H30BrN3O4/c1-7-37-27-23(30)13-19(14-26(27)36-6)16-31-33-28(32-24-11-9-8-10-20(24)29(33)34)22-15-21(17(2)3)25(35-5)12-18(22)4/h8-17H,7H2,1-6H3. The van der Waals surface area contributed by atoms with Gasteiger partial charge in [0, 0.05) is 5.56 Å². The molecule has 0 saturated carbocycles. The van der Waals surface area contributed by atoms with E-state index in [1.165, 1.54) is 4.68 Å². The monoisotopic (exact) mass is 563 g/mol. The number of nitrogens with zero attached hydrogens (tertiary/aromatic N) is 3. The van der Waals surface area contributed by atoms with Gasteiger partial charge in [0.05, 0.1) is 42.4 Å². The molecule has 0 aliphatic heterocycles. The number of halogens is 1. The van der Waals surface area contributed by atoms with Gasteiger partial charge in [0.1, 0.15) is 5.75 Å². The molecule has 4 rings (SSSR count). The Bertz CT molecular complexity index is 1540. The Labute approximate surface area is 224 Å². The van der Waals surface area contributed by atoms with Gasteiger partial charge in [0.25, 0.3) is 5.56 Å². The first-order valence-electron chi connectivity index (χ1n) is 12.0. The summed E-state index contributed by atoms with van der Waals surface area (Å²) in [6, 6.07) is 15.0. The van der Waals surface area contributed by atoms with E-state index >= 15 is 0 Å². The number of aryl methyl sites for hydroxylation is 1. The van der Waals surface area contributed by atoms with Crippen LogP contribution in [0.3, 0.4) is 0 Å². The molecule has 0 amide bonds. The molecule has 7 nitrogen and oxygen atoms in total. The summed E-state index contributed by atoms with van der Waals surface area (Å²) in [6.45, 7) is 8.60. The van der Waals surface area contributed by atoms with Crippen LogP contribution in [0.25, 0.3) is 22.3 Å². The molecule has 37 heavy (non-hydrogen) atoms. The van der Waals surface area contributed by atoms with Crippen molar-refractivity contribution in [2.24, 2.45) is 5.10 Å². The van der Waals surface area contributed by atoms with Crippen LogP contribution in [0, 0.1) is 6.92 Å². The van der Waals surface area contributed by atoms with E-state index in [1.807, 2.05) is 56.3 Å². The Morgan fingerprint density at radius 1 is 1.08 bits per heavy atom. The normalized spacial score (nSPS) is 11.5. The van der Waals surface area contributed by atoms with Gasteiger partial charge in [-0.25, -0.2) is 4.98 Å². The Morgan fingerprint density at radius 2 is 1.81 bits per heavy atom. The number of ether oxygens (including phenoxy) is 3. The fraction of sp³-hybridized carbons (Fsp3) is 0.276. The molecule has 0 N–H and O–H groups in total. The molecular formula is C29H30BrN3O4. The first kappa shape index (κ1) is 26.4. The lowest BCUT2D eigenvalue weighted by Crippen LogP contribution is -2.20. The van der Waals surface area contributed by atoms with E-state index in [-0.39, 0.29) is 11.5 Å². The van der Waals surface area contributed by atoms with Gasteiger partial charge in [0.2, 0.25) is 0 Å². The number of rotatable bonds is 8. The van der Waals surface area contributed by atoms with E-state index in [0.717, 1.165) is 32.5 Å². The highest BCUT2D eigenvalue weighted by Crippen LogP contribution is 2.37. The minimum absolute atomic E-state index is 0.215. The molecule has 0 aliphatic carbocycles. The van der Waals surface area contributed by atoms with Crippen molar-refractivity contribution >= 4 is 33.0 Å². The van der Waals surface area contributed by atoms with Crippen molar-refractivity contribution in [1.29, 1.82) is 0 Å². The minimum atomic E-state index is -0.255. The van der Waals surface area contributed by atoms with Crippen molar-refractivity contribution in [2.75, 3.05) is 20.8 Å². The first-order valence-corrected chi connectivity index (χ1v) is 12.8. The molecule has 0 atom stereocenters. The zero-order valence-electron chi connectivity index (χ0n) is 21.8. The van der Waals surface area contributed by atoms with Crippen LogP contribution < -0.4 is 19.8 Å². The number of aromatic nitrogens is 2. The quantitative estimate of drug-likeness (QED) is 0.227. The van der Waals surface area contributed by atoms with Gasteiger partial charge in [-0.15, -0.1) is 0 Å². The molecule has 1 heterocycles. The smallest absolute Gasteiger partial charge is 0.282 e.